The van der Waals surface area contributed by atoms with Crippen molar-refractivity contribution in [2.24, 2.45) is 0 Å². The van der Waals surface area contributed by atoms with Gasteiger partial charge in [-0.05, 0) is 56.2 Å². The predicted molar refractivity (Wildman–Crippen MR) is 168 cm³/mol. The molecule has 0 atom stereocenters. The molecule has 5 rings (SSSR count). The van der Waals surface area contributed by atoms with Gasteiger partial charge < -0.3 is 43.8 Å². The SMILES string of the molecule is COc1cc2c(cc1Oc1ccc(C(=O)Nc3c(OC)nc(NCCCN4CCN(C)CC4)nc3OC)o1)[Si](C)(C)CC2. The second kappa shape index (κ2) is 13.2. The summed E-state index contributed by atoms with van der Waals surface area (Å²) < 4.78 is 28.4. The maximum atomic E-state index is 13.2. The maximum absolute atomic E-state index is 13.2. The van der Waals surface area contributed by atoms with Crippen molar-refractivity contribution in [2.45, 2.75) is 32.0 Å². The third-order valence-electron chi connectivity index (χ3n) is 8.15. The molecule has 43 heavy (non-hydrogen) atoms. The highest BCUT2D eigenvalue weighted by molar-refractivity contribution is 6.91. The lowest BCUT2D eigenvalue weighted by Gasteiger charge is -2.32. The van der Waals surface area contributed by atoms with E-state index in [9.17, 15) is 4.79 Å². The number of rotatable bonds is 12. The third-order valence-corrected chi connectivity index (χ3v) is 11.6. The van der Waals surface area contributed by atoms with E-state index in [1.807, 2.05) is 6.07 Å². The molecule has 0 saturated carbocycles. The molecule has 0 unspecified atom stereocenters. The number of hydrogen-bond donors (Lipinski definition) is 2. The molecule has 1 amide bonds. The molecule has 0 spiro atoms. The first-order valence-electron chi connectivity index (χ1n) is 14.7. The van der Waals surface area contributed by atoms with E-state index in [2.05, 4.69) is 56.6 Å². The number of carbonyl (C=O) groups is 1. The minimum Gasteiger partial charge on any atom is -0.493 e. The molecule has 1 fully saturated rings. The Hall–Kier alpha value is -3.81. The van der Waals surface area contributed by atoms with Gasteiger partial charge >= 0.3 is 0 Å². The number of anilines is 2. The van der Waals surface area contributed by atoms with E-state index < -0.39 is 14.0 Å². The molecule has 2 aliphatic heterocycles. The Balaban J connectivity index is 1.23. The maximum Gasteiger partial charge on any atom is 0.291 e. The molecule has 0 radical (unpaired) electrons. The second-order valence-electron chi connectivity index (χ2n) is 11.6. The largest absolute Gasteiger partial charge is 0.493 e. The Morgan fingerprint density at radius 2 is 1.72 bits per heavy atom. The topological polar surface area (TPSA) is 123 Å². The van der Waals surface area contributed by atoms with Gasteiger partial charge in [-0.25, -0.2) is 0 Å². The number of ether oxygens (including phenoxy) is 4. The summed E-state index contributed by atoms with van der Waals surface area (Å²) in [5.74, 6) is 1.57. The molecule has 2 aliphatic rings. The van der Waals surface area contributed by atoms with Crippen LogP contribution in [0.5, 0.6) is 29.2 Å². The molecular weight excluding hydrogens is 568 g/mol. The molecule has 12 nitrogen and oxygen atoms in total. The van der Waals surface area contributed by atoms with Gasteiger partial charge in [-0.2, -0.15) is 9.97 Å². The average molecular weight is 611 g/mol. The van der Waals surface area contributed by atoms with Crippen LogP contribution in [0.1, 0.15) is 22.5 Å². The standard InChI is InChI=1S/C30H42N6O6Si/c1-35-13-15-36(16-14-35)12-7-11-31-30-33-28(39-3)26(29(34-30)40-4)32-27(37)21-8-9-25(41-21)42-23-19-24-20(18-22(23)38-2)10-17-43(24,5)6/h8-9,18-19H,7,10-17H2,1-6H3,(H,32,37)(H,31,33,34). The van der Waals surface area contributed by atoms with E-state index in [1.54, 1.807) is 19.2 Å². The van der Waals surface area contributed by atoms with Crippen molar-refractivity contribution in [1.82, 2.24) is 19.8 Å². The summed E-state index contributed by atoms with van der Waals surface area (Å²) in [4.78, 5) is 26.8. The minimum atomic E-state index is -1.52. The van der Waals surface area contributed by atoms with E-state index in [1.165, 1.54) is 31.0 Å². The number of hydrogen-bond acceptors (Lipinski definition) is 11. The Morgan fingerprint density at radius 3 is 2.40 bits per heavy atom. The van der Waals surface area contributed by atoms with E-state index in [-0.39, 0.29) is 29.2 Å². The first kappa shape index (κ1) is 30.6. The van der Waals surface area contributed by atoms with Gasteiger partial charge in [0, 0.05) is 38.8 Å². The number of amides is 1. The molecule has 2 N–H and O–H groups in total. The number of likely N-dealkylation sites (N-methyl/N-ethyl adjacent to an activating group) is 1. The van der Waals surface area contributed by atoms with Crippen LogP contribution in [0.4, 0.5) is 11.6 Å². The van der Waals surface area contributed by atoms with Gasteiger partial charge in [0.1, 0.15) is 0 Å². The summed E-state index contributed by atoms with van der Waals surface area (Å²) in [5, 5.41) is 7.36. The van der Waals surface area contributed by atoms with E-state index in [0.29, 0.717) is 24.0 Å². The molecule has 13 heteroatoms. The zero-order chi connectivity index (χ0) is 30.6. The summed E-state index contributed by atoms with van der Waals surface area (Å²) in [7, 11) is 5.20. The van der Waals surface area contributed by atoms with Gasteiger partial charge in [0.15, 0.2) is 22.9 Å². The molecule has 3 aromatic rings. The summed E-state index contributed by atoms with van der Waals surface area (Å²) in [6.45, 7) is 10.7. The number of furan rings is 1. The lowest BCUT2D eigenvalue weighted by molar-refractivity contribution is 0.0990. The van der Waals surface area contributed by atoms with Gasteiger partial charge in [-0.15, -0.1) is 0 Å². The van der Waals surface area contributed by atoms with Crippen LogP contribution in [0.2, 0.25) is 19.1 Å². The average Bonchev–Trinajstić information content (AvgIpc) is 3.59. The summed E-state index contributed by atoms with van der Waals surface area (Å²) >= 11 is 0. The van der Waals surface area contributed by atoms with Crippen molar-refractivity contribution >= 4 is 30.8 Å². The van der Waals surface area contributed by atoms with Gasteiger partial charge in [0.05, 0.1) is 29.4 Å². The van der Waals surface area contributed by atoms with E-state index >= 15 is 0 Å². The predicted octanol–water partition coefficient (Wildman–Crippen LogP) is 3.66. The smallest absolute Gasteiger partial charge is 0.291 e. The van der Waals surface area contributed by atoms with Crippen molar-refractivity contribution < 1.29 is 28.2 Å². The normalized spacial score (nSPS) is 16.4. The third kappa shape index (κ3) is 7.06. The van der Waals surface area contributed by atoms with Crippen molar-refractivity contribution in [3.05, 3.63) is 35.6 Å². The van der Waals surface area contributed by atoms with Crippen LogP contribution in [0.15, 0.2) is 28.7 Å². The monoisotopic (exact) mass is 610 g/mol. The van der Waals surface area contributed by atoms with Crippen LogP contribution in [-0.4, -0.2) is 101 Å². The van der Waals surface area contributed by atoms with Crippen molar-refractivity contribution in [1.29, 1.82) is 0 Å². The number of fused-ring (bicyclic) bond motifs is 1. The number of aromatic nitrogens is 2. The number of piperazine rings is 1. The summed E-state index contributed by atoms with van der Waals surface area (Å²) in [6, 6.07) is 8.45. The van der Waals surface area contributed by atoms with Crippen molar-refractivity contribution in [3.63, 3.8) is 0 Å². The quantitative estimate of drug-likeness (QED) is 0.231. The van der Waals surface area contributed by atoms with Gasteiger partial charge in [0.2, 0.25) is 17.7 Å². The highest BCUT2D eigenvalue weighted by atomic mass is 28.3. The van der Waals surface area contributed by atoms with Gasteiger partial charge in [0.25, 0.3) is 11.9 Å². The first-order chi connectivity index (χ1) is 20.7. The molecule has 0 aliphatic carbocycles. The summed E-state index contributed by atoms with van der Waals surface area (Å²) in [6.07, 6.45) is 2.00. The summed E-state index contributed by atoms with van der Waals surface area (Å²) in [5.41, 5.74) is 1.52. The highest BCUT2D eigenvalue weighted by Crippen LogP contribution is 2.37. The number of nitrogens with zero attached hydrogens (tertiary/aromatic N) is 4. The van der Waals surface area contributed by atoms with Crippen molar-refractivity contribution in [3.8, 4) is 29.2 Å². The first-order valence-corrected chi connectivity index (χ1v) is 17.9. The fourth-order valence-corrected chi connectivity index (χ4v) is 8.27. The molecular formula is C30H42N6O6Si. The highest BCUT2D eigenvalue weighted by Gasteiger charge is 2.33. The lowest BCUT2D eigenvalue weighted by atomic mass is 10.1. The number of nitrogens with one attached hydrogen (secondary N) is 2. The van der Waals surface area contributed by atoms with Crippen LogP contribution in [-0.2, 0) is 6.42 Å². The number of carbonyl (C=O) groups excluding carboxylic acids is 1. The van der Waals surface area contributed by atoms with Gasteiger partial charge in [-0.3, -0.25) is 4.79 Å². The Labute approximate surface area is 253 Å². The molecule has 232 valence electrons. The molecule has 4 heterocycles. The Kier molecular flexibility index (Phi) is 9.42. The Bertz CT molecular complexity index is 1410. The zero-order valence-electron chi connectivity index (χ0n) is 25.9. The fourth-order valence-electron chi connectivity index (χ4n) is 5.52. The van der Waals surface area contributed by atoms with E-state index in [4.69, 9.17) is 23.4 Å². The molecule has 2 aromatic heterocycles. The number of aryl methyl sites for hydroxylation is 1. The second-order valence-corrected chi connectivity index (χ2v) is 16.4. The van der Waals surface area contributed by atoms with Crippen LogP contribution >= 0.6 is 0 Å². The van der Waals surface area contributed by atoms with Crippen LogP contribution < -0.4 is 34.8 Å². The van der Waals surface area contributed by atoms with Crippen LogP contribution in [0.3, 0.4) is 0 Å². The molecule has 1 saturated heterocycles. The minimum absolute atomic E-state index is 0.0417. The molecule has 1 aromatic carbocycles. The number of benzene rings is 1. The van der Waals surface area contributed by atoms with Crippen LogP contribution in [0.25, 0.3) is 0 Å². The van der Waals surface area contributed by atoms with Crippen LogP contribution in [0, 0.1) is 0 Å². The zero-order valence-corrected chi connectivity index (χ0v) is 26.9. The number of methoxy groups -OCH3 is 3. The van der Waals surface area contributed by atoms with Crippen molar-refractivity contribution in [2.75, 3.05) is 78.3 Å². The van der Waals surface area contributed by atoms with Gasteiger partial charge in [-0.1, -0.05) is 18.3 Å². The lowest BCUT2D eigenvalue weighted by Crippen LogP contribution is -2.44. The fraction of sp³-hybridized carbons (Fsp3) is 0.500. The molecule has 0 bridgehead atoms. The Morgan fingerprint density at radius 1 is 1.00 bits per heavy atom. The van der Waals surface area contributed by atoms with E-state index in [0.717, 1.165) is 45.6 Å².